The Morgan fingerprint density at radius 3 is 2.38 bits per heavy atom. The van der Waals surface area contributed by atoms with Gasteiger partial charge in [-0.1, -0.05) is 13.8 Å². The lowest BCUT2D eigenvalue weighted by molar-refractivity contribution is 0.134. The molecule has 0 N–H and O–H groups in total. The summed E-state index contributed by atoms with van der Waals surface area (Å²) in [6.07, 6.45) is 3.90. The highest BCUT2D eigenvalue weighted by Gasteiger charge is 2.28. The maximum Gasteiger partial charge on any atom is 0.0727 e. The number of rotatable bonds is 1. The first kappa shape index (κ1) is 10.3. The van der Waals surface area contributed by atoms with E-state index in [0.717, 1.165) is 13.2 Å². The summed E-state index contributed by atoms with van der Waals surface area (Å²) in [5.74, 6) is 0.626. The van der Waals surface area contributed by atoms with E-state index in [4.69, 9.17) is 4.74 Å². The number of fused-ring (bicyclic) bond motifs is 3. The molecule has 0 saturated carbocycles. The number of hydrogen-bond acceptors (Lipinski definition) is 1. The second kappa shape index (κ2) is 3.59. The fourth-order valence-corrected chi connectivity index (χ4v) is 3.60. The van der Waals surface area contributed by atoms with Crippen LogP contribution < -0.4 is 0 Å². The van der Waals surface area contributed by atoms with Crippen LogP contribution in [0.1, 0.15) is 59.6 Å². The van der Waals surface area contributed by atoms with Crippen LogP contribution >= 0.6 is 0 Å². The van der Waals surface area contributed by atoms with Crippen molar-refractivity contribution < 1.29 is 4.74 Å². The van der Waals surface area contributed by atoms with Crippen molar-refractivity contribution in [3.63, 3.8) is 0 Å². The highest BCUT2D eigenvalue weighted by atomic mass is 16.5. The molecule has 0 aromatic heterocycles. The van der Waals surface area contributed by atoms with Crippen LogP contribution in [0.2, 0.25) is 0 Å². The van der Waals surface area contributed by atoms with Crippen molar-refractivity contribution in [2.24, 2.45) is 0 Å². The summed E-state index contributed by atoms with van der Waals surface area (Å²) in [4.78, 5) is 0. The van der Waals surface area contributed by atoms with E-state index in [9.17, 15) is 0 Å². The smallest absolute Gasteiger partial charge is 0.0727 e. The van der Waals surface area contributed by atoms with Gasteiger partial charge < -0.3 is 4.74 Å². The van der Waals surface area contributed by atoms with Gasteiger partial charge in [0, 0.05) is 0 Å². The lowest BCUT2D eigenvalue weighted by Gasteiger charge is -2.19. The van der Waals surface area contributed by atoms with Crippen LogP contribution in [0.4, 0.5) is 0 Å². The summed E-state index contributed by atoms with van der Waals surface area (Å²) in [6.45, 7) is 8.64. The van der Waals surface area contributed by atoms with Crippen LogP contribution in [0.15, 0.2) is 0 Å². The minimum Gasteiger partial charge on any atom is -0.372 e. The summed E-state index contributed by atoms with van der Waals surface area (Å²) in [7, 11) is 0. The van der Waals surface area contributed by atoms with Gasteiger partial charge in [0.25, 0.3) is 0 Å². The molecule has 1 aromatic carbocycles. The second-order valence-electron chi connectivity index (χ2n) is 5.45. The fraction of sp³-hybridized carbons (Fsp3) is 0.600. The summed E-state index contributed by atoms with van der Waals surface area (Å²) in [6, 6.07) is 0. The molecule has 0 radical (unpaired) electrons. The number of hydrogen-bond donors (Lipinski definition) is 0. The van der Waals surface area contributed by atoms with E-state index < -0.39 is 0 Å². The molecular formula is C15H20O. The van der Waals surface area contributed by atoms with E-state index in [-0.39, 0.29) is 0 Å². The van der Waals surface area contributed by atoms with Crippen LogP contribution in [0.5, 0.6) is 0 Å². The van der Waals surface area contributed by atoms with Gasteiger partial charge in [0.1, 0.15) is 0 Å². The van der Waals surface area contributed by atoms with Gasteiger partial charge in [0.2, 0.25) is 0 Å². The molecule has 0 fully saturated rings. The Hall–Kier alpha value is -0.820. The summed E-state index contributed by atoms with van der Waals surface area (Å²) < 4.78 is 5.69. The summed E-state index contributed by atoms with van der Waals surface area (Å²) in [5, 5.41) is 0. The molecule has 0 saturated heterocycles. The van der Waals surface area contributed by atoms with E-state index in [1.54, 1.807) is 27.8 Å². The first-order chi connectivity index (χ1) is 7.70. The molecule has 1 aliphatic carbocycles. The van der Waals surface area contributed by atoms with Crippen molar-refractivity contribution >= 4 is 0 Å². The van der Waals surface area contributed by atoms with Gasteiger partial charge in [-0.3, -0.25) is 0 Å². The third kappa shape index (κ3) is 1.27. The second-order valence-corrected chi connectivity index (χ2v) is 5.45. The lowest BCUT2D eigenvalue weighted by Crippen LogP contribution is -2.05. The Labute approximate surface area is 97.8 Å². The monoisotopic (exact) mass is 216 g/mol. The van der Waals surface area contributed by atoms with Crippen molar-refractivity contribution in [1.82, 2.24) is 0 Å². The van der Waals surface area contributed by atoms with Gasteiger partial charge in [0.05, 0.1) is 13.2 Å². The van der Waals surface area contributed by atoms with Gasteiger partial charge >= 0.3 is 0 Å². The molecule has 86 valence electrons. The molecule has 2 aliphatic rings. The van der Waals surface area contributed by atoms with Crippen LogP contribution in [0.25, 0.3) is 0 Å². The largest absolute Gasteiger partial charge is 0.372 e. The molecular weight excluding hydrogens is 196 g/mol. The Balaban J connectivity index is 2.31. The predicted octanol–water partition coefficient (Wildman–Crippen LogP) is 3.64. The number of ether oxygens (including phenoxy) is 1. The quantitative estimate of drug-likeness (QED) is 0.696. The van der Waals surface area contributed by atoms with Gasteiger partial charge in [0.15, 0.2) is 0 Å². The SMILES string of the molecule is Cc1c2c(c3c(c1C(C)C)COC3)CCC2. The molecule has 0 atom stereocenters. The van der Waals surface area contributed by atoms with E-state index in [0.29, 0.717) is 5.92 Å². The molecule has 0 bridgehead atoms. The minimum absolute atomic E-state index is 0.626. The third-order valence-electron chi connectivity index (χ3n) is 4.20. The molecule has 1 heteroatoms. The van der Waals surface area contributed by atoms with Gasteiger partial charge in [-0.2, -0.15) is 0 Å². The maximum atomic E-state index is 5.69. The predicted molar refractivity (Wildman–Crippen MR) is 65.8 cm³/mol. The molecule has 0 spiro atoms. The van der Waals surface area contributed by atoms with Gasteiger partial charge in [-0.05, 0) is 65.5 Å². The molecule has 3 rings (SSSR count). The fourth-order valence-electron chi connectivity index (χ4n) is 3.60. The third-order valence-corrected chi connectivity index (χ3v) is 4.20. The normalized spacial score (nSPS) is 18.0. The molecule has 1 aliphatic heterocycles. The minimum atomic E-state index is 0.626. The van der Waals surface area contributed by atoms with E-state index >= 15 is 0 Å². The highest BCUT2D eigenvalue weighted by molar-refractivity contribution is 5.55. The van der Waals surface area contributed by atoms with E-state index in [2.05, 4.69) is 20.8 Å². The van der Waals surface area contributed by atoms with Crippen LogP contribution in [0, 0.1) is 6.92 Å². The van der Waals surface area contributed by atoms with Crippen LogP contribution in [0.3, 0.4) is 0 Å². The topological polar surface area (TPSA) is 9.23 Å². The van der Waals surface area contributed by atoms with Crippen molar-refractivity contribution in [3.05, 3.63) is 33.4 Å². The van der Waals surface area contributed by atoms with Crippen molar-refractivity contribution in [1.29, 1.82) is 0 Å². The molecule has 1 heterocycles. The van der Waals surface area contributed by atoms with Crippen molar-refractivity contribution in [2.45, 2.75) is 59.2 Å². The first-order valence-electron chi connectivity index (χ1n) is 6.43. The molecule has 1 nitrogen and oxygen atoms in total. The average molecular weight is 216 g/mol. The first-order valence-corrected chi connectivity index (χ1v) is 6.43. The highest BCUT2D eigenvalue weighted by Crippen LogP contribution is 2.40. The van der Waals surface area contributed by atoms with Crippen LogP contribution in [-0.2, 0) is 30.8 Å². The standard InChI is InChI=1S/C15H20O/c1-9(2)15-10(3)11-5-4-6-12(11)13-7-16-8-14(13)15/h9H,4-8H2,1-3H3. The Morgan fingerprint density at radius 1 is 0.938 bits per heavy atom. The zero-order chi connectivity index (χ0) is 11.3. The van der Waals surface area contributed by atoms with Gasteiger partial charge in [-0.15, -0.1) is 0 Å². The summed E-state index contributed by atoms with van der Waals surface area (Å²) in [5.41, 5.74) is 9.48. The summed E-state index contributed by atoms with van der Waals surface area (Å²) >= 11 is 0. The van der Waals surface area contributed by atoms with E-state index in [1.807, 2.05) is 0 Å². The van der Waals surface area contributed by atoms with Crippen molar-refractivity contribution in [2.75, 3.05) is 0 Å². The lowest BCUT2D eigenvalue weighted by atomic mass is 9.85. The Morgan fingerprint density at radius 2 is 1.62 bits per heavy atom. The number of benzene rings is 1. The zero-order valence-electron chi connectivity index (χ0n) is 10.5. The Kier molecular flexibility index (Phi) is 2.32. The van der Waals surface area contributed by atoms with Crippen LogP contribution in [-0.4, -0.2) is 0 Å². The average Bonchev–Trinajstić information content (AvgIpc) is 2.82. The Bertz CT molecular complexity index is 443. The molecule has 0 unspecified atom stereocenters. The molecule has 1 aromatic rings. The zero-order valence-corrected chi connectivity index (χ0v) is 10.5. The molecule has 0 amide bonds. The maximum absolute atomic E-state index is 5.69. The molecule has 16 heavy (non-hydrogen) atoms. The van der Waals surface area contributed by atoms with E-state index in [1.165, 1.54) is 24.8 Å². The van der Waals surface area contributed by atoms with Gasteiger partial charge in [-0.25, -0.2) is 0 Å². The van der Waals surface area contributed by atoms with Crippen molar-refractivity contribution in [3.8, 4) is 0 Å².